The Balaban J connectivity index is 2.51. The topological polar surface area (TPSA) is 92.4 Å². The summed E-state index contributed by atoms with van der Waals surface area (Å²) >= 11 is 0. The van der Waals surface area contributed by atoms with Crippen LogP contribution in [0.25, 0.3) is 0 Å². The number of carbonyl (C=O) groups is 2. The summed E-state index contributed by atoms with van der Waals surface area (Å²) in [6, 6.07) is -0.301. The molecule has 1 aliphatic rings. The number of primary amides is 1. The summed E-state index contributed by atoms with van der Waals surface area (Å²) in [6.07, 6.45) is 0.443. The number of aliphatic hydroxyl groups is 1. The van der Waals surface area contributed by atoms with Crippen molar-refractivity contribution >= 4 is 11.8 Å². The maximum atomic E-state index is 10.8. The van der Waals surface area contributed by atoms with Crippen molar-refractivity contribution in [3.05, 3.63) is 0 Å². The number of aliphatic hydroxyl groups excluding tert-OH is 1. The maximum Gasteiger partial charge on any atom is 0.220 e. The van der Waals surface area contributed by atoms with Gasteiger partial charge in [-0.2, -0.15) is 0 Å². The Hall–Kier alpha value is -1.10. The molecule has 12 heavy (non-hydrogen) atoms. The average Bonchev–Trinajstić information content (AvgIpc) is 2.29. The molecule has 0 aliphatic carbocycles. The Morgan fingerprint density at radius 1 is 1.75 bits per heavy atom. The van der Waals surface area contributed by atoms with Crippen molar-refractivity contribution in [3.63, 3.8) is 0 Å². The standard InChI is InChI=1S/C7H12N2O3/c8-6(11)1-4-2-7(12)9-5(4)3-10/h4-5,10H,1-3H2,(H2,8,11)(H,9,12)/t4-,5+/m0/s1. The largest absolute Gasteiger partial charge is 0.394 e. The lowest BCUT2D eigenvalue weighted by atomic mass is 9.97. The van der Waals surface area contributed by atoms with Crippen molar-refractivity contribution in [2.24, 2.45) is 11.7 Å². The lowest BCUT2D eigenvalue weighted by Crippen LogP contribution is -2.34. The zero-order valence-electron chi connectivity index (χ0n) is 6.62. The third kappa shape index (κ3) is 1.94. The van der Waals surface area contributed by atoms with Crippen LogP contribution < -0.4 is 11.1 Å². The first-order chi connectivity index (χ1) is 5.63. The Morgan fingerprint density at radius 2 is 2.42 bits per heavy atom. The van der Waals surface area contributed by atoms with Gasteiger partial charge in [0.2, 0.25) is 11.8 Å². The fourth-order valence-corrected chi connectivity index (χ4v) is 1.43. The number of rotatable bonds is 3. The zero-order valence-corrected chi connectivity index (χ0v) is 6.62. The fraction of sp³-hybridized carbons (Fsp3) is 0.714. The smallest absolute Gasteiger partial charge is 0.220 e. The molecule has 0 aromatic heterocycles. The van der Waals surface area contributed by atoms with Gasteiger partial charge in [-0.05, 0) is 5.92 Å². The highest BCUT2D eigenvalue weighted by Crippen LogP contribution is 2.19. The highest BCUT2D eigenvalue weighted by Gasteiger charge is 2.32. The van der Waals surface area contributed by atoms with Crippen molar-refractivity contribution in [2.45, 2.75) is 18.9 Å². The van der Waals surface area contributed by atoms with Gasteiger partial charge in [-0.3, -0.25) is 9.59 Å². The molecule has 0 radical (unpaired) electrons. The predicted octanol–water partition coefficient (Wildman–Crippen LogP) is -1.64. The van der Waals surface area contributed by atoms with Crippen LogP contribution in [0.15, 0.2) is 0 Å². The Morgan fingerprint density at radius 3 is 2.92 bits per heavy atom. The lowest BCUT2D eigenvalue weighted by Gasteiger charge is -2.13. The number of carbonyl (C=O) groups excluding carboxylic acids is 2. The molecule has 4 N–H and O–H groups in total. The van der Waals surface area contributed by atoms with E-state index in [2.05, 4.69) is 5.32 Å². The molecule has 1 aliphatic heterocycles. The molecule has 2 amide bonds. The molecule has 0 aromatic carbocycles. The third-order valence-electron chi connectivity index (χ3n) is 2.02. The van der Waals surface area contributed by atoms with E-state index in [0.717, 1.165) is 0 Å². The van der Waals surface area contributed by atoms with Crippen molar-refractivity contribution in [1.82, 2.24) is 5.32 Å². The molecule has 5 nitrogen and oxygen atoms in total. The lowest BCUT2D eigenvalue weighted by molar-refractivity contribution is -0.119. The van der Waals surface area contributed by atoms with Crippen LogP contribution in [0.2, 0.25) is 0 Å². The minimum atomic E-state index is -0.435. The summed E-state index contributed by atoms with van der Waals surface area (Å²) in [4.78, 5) is 21.4. The molecule has 1 saturated heterocycles. The van der Waals surface area contributed by atoms with Crippen LogP contribution in [0.4, 0.5) is 0 Å². The Bertz CT molecular complexity index is 205. The molecule has 68 valence electrons. The second-order valence-electron chi connectivity index (χ2n) is 2.99. The first-order valence-corrected chi connectivity index (χ1v) is 3.82. The number of amides is 2. The summed E-state index contributed by atoms with van der Waals surface area (Å²) in [7, 11) is 0. The second-order valence-corrected chi connectivity index (χ2v) is 2.99. The zero-order chi connectivity index (χ0) is 9.14. The molecule has 0 spiro atoms. The van der Waals surface area contributed by atoms with Crippen molar-refractivity contribution < 1.29 is 14.7 Å². The third-order valence-corrected chi connectivity index (χ3v) is 2.02. The minimum Gasteiger partial charge on any atom is -0.394 e. The molecule has 0 aromatic rings. The second kappa shape index (κ2) is 3.53. The molecule has 1 fully saturated rings. The van der Waals surface area contributed by atoms with Crippen LogP contribution in [-0.2, 0) is 9.59 Å². The SMILES string of the molecule is NC(=O)C[C@H]1CC(=O)N[C@@H]1CO. The van der Waals surface area contributed by atoms with Crippen molar-refractivity contribution in [3.8, 4) is 0 Å². The van der Waals surface area contributed by atoms with Crippen LogP contribution >= 0.6 is 0 Å². The van der Waals surface area contributed by atoms with Crippen molar-refractivity contribution in [2.75, 3.05) is 6.61 Å². The van der Waals surface area contributed by atoms with Gasteiger partial charge in [0.25, 0.3) is 0 Å². The normalized spacial score (nSPS) is 28.6. The molecule has 5 heteroatoms. The highest BCUT2D eigenvalue weighted by molar-refractivity contribution is 5.81. The van der Waals surface area contributed by atoms with Gasteiger partial charge in [-0.15, -0.1) is 0 Å². The van der Waals surface area contributed by atoms with E-state index in [-0.39, 0.29) is 37.3 Å². The molecule has 1 rings (SSSR count). The van der Waals surface area contributed by atoms with Gasteiger partial charge in [-0.25, -0.2) is 0 Å². The first-order valence-electron chi connectivity index (χ1n) is 3.82. The predicted molar refractivity (Wildman–Crippen MR) is 40.9 cm³/mol. The van der Waals surface area contributed by atoms with E-state index >= 15 is 0 Å². The number of hydrogen-bond acceptors (Lipinski definition) is 3. The molecular formula is C7H12N2O3. The average molecular weight is 172 g/mol. The minimum absolute atomic E-state index is 0.125. The summed E-state index contributed by atoms with van der Waals surface area (Å²) in [5.41, 5.74) is 4.97. The molecule has 0 unspecified atom stereocenters. The van der Waals surface area contributed by atoms with Gasteiger partial charge in [0, 0.05) is 12.8 Å². The number of nitrogens with two attached hydrogens (primary N) is 1. The number of nitrogens with one attached hydrogen (secondary N) is 1. The van der Waals surface area contributed by atoms with E-state index in [0.29, 0.717) is 0 Å². The summed E-state index contributed by atoms with van der Waals surface area (Å²) in [6.45, 7) is -0.135. The monoisotopic (exact) mass is 172 g/mol. The molecule has 2 atom stereocenters. The van der Waals surface area contributed by atoms with Crippen LogP contribution in [0, 0.1) is 5.92 Å². The first kappa shape index (κ1) is 8.99. The van der Waals surface area contributed by atoms with E-state index in [1.807, 2.05) is 0 Å². The van der Waals surface area contributed by atoms with Gasteiger partial charge in [0.15, 0.2) is 0 Å². The van der Waals surface area contributed by atoms with Gasteiger partial charge >= 0.3 is 0 Å². The molecule has 0 saturated carbocycles. The fourth-order valence-electron chi connectivity index (χ4n) is 1.43. The number of hydrogen-bond donors (Lipinski definition) is 3. The van der Waals surface area contributed by atoms with E-state index in [1.165, 1.54) is 0 Å². The summed E-state index contributed by atoms with van der Waals surface area (Å²) in [5.74, 6) is -0.699. The molecular weight excluding hydrogens is 160 g/mol. The van der Waals surface area contributed by atoms with E-state index < -0.39 is 5.91 Å². The summed E-state index contributed by atoms with van der Waals surface area (Å²) < 4.78 is 0. The van der Waals surface area contributed by atoms with E-state index in [9.17, 15) is 9.59 Å². The van der Waals surface area contributed by atoms with Crippen LogP contribution in [-0.4, -0.2) is 29.6 Å². The molecule has 1 heterocycles. The molecule has 0 bridgehead atoms. The quantitative estimate of drug-likeness (QED) is 0.476. The summed E-state index contributed by atoms with van der Waals surface area (Å²) in [5, 5.41) is 11.4. The van der Waals surface area contributed by atoms with Crippen LogP contribution in [0.3, 0.4) is 0 Å². The van der Waals surface area contributed by atoms with Crippen LogP contribution in [0.5, 0.6) is 0 Å². The Labute approximate surface area is 69.9 Å². The highest BCUT2D eigenvalue weighted by atomic mass is 16.3. The van der Waals surface area contributed by atoms with E-state index in [4.69, 9.17) is 10.8 Å². The van der Waals surface area contributed by atoms with Gasteiger partial charge in [0.1, 0.15) is 0 Å². The maximum absolute atomic E-state index is 10.8. The van der Waals surface area contributed by atoms with Crippen molar-refractivity contribution in [1.29, 1.82) is 0 Å². The van der Waals surface area contributed by atoms with Gasteiger partial charge in [0.05, 0.1) is 12.6 Å². The van der Waals surface area contributed by atoms with E-state index in [1.54, 1.807) is 0 Å². The van der Waals surface area contributed by atoms with Gasteiger partial charge in [-0.1, -0.05) is 0 Å². The van der Waals surface area contributed by atoms with Gasteiger partial charge < -0.3 is 16.2 Å². The van der Waals surface area contributed by atoms with Crippen LogP contribution in [0.1, 0.15) is 12.8 Å². The Kier molecular flexibility index (Phi) is 2.65.